The number of Topliss-reactive ketones (excluding diaryl/α,β-unsaturated/α-hetero) is 1. The Labute approximate surface area is 131 Å². The third kappa shape index (κ3) is 2.22. The van der Waals surface area contributed by atoms with E-state index in [2.05, 4.69) is 0 Å². The fraction of sp³-hybridized carbons (Fsp3) is 0.294. The van der Waals surface area contributed by atoms with E-state index in [1.807, 2.05) is 30.3 Å². The van der Waals surface area contributed by atoms with Crippen LogP contribution in [-0.2, 0) is 16.1 Å². The van der Waals surface area contributed by atoms with Crippen LogP contribution in [0.15, 0.2) is 30.3 Å². The van der Waals surface area contributed by atoms with Crippen molar-refractivity contribution in [3.63, 3.8) is 0 Å². The van der Waals surface area contributed by atoms with Gasteiger partial charge >= 0.3 is 5.97 Å². The van der Waals surface area contributed by atoms with Gasteiger partial charge in [-0.05, 0) is 31.0 Å². The molecule has 1 atom stereocenters. The molecule has 4 nitrogen and oxygen atoms in total. The van der Waals surface area contributed by atoms with E-state index < -0.39 is 12.1 Å². The number of carbonyl (C=O) groups excluding carboxylic acids is 2. The highest BCUT2D eigenvalue weighted by molar-refractivity contribution is 7.17. The van der Waals surface area contributed by atoms with Gasteiger partial charge in [-0.15, -0.1) is 11.3 Å². The molecule has 0 bridgehead atoms. The average molecular weight is 314 g/mol. The molecule has 0 radical (unpaired) electrons. The molecule has 0 N–H and O–H groups in total. The summed E-state index contributed by atoms with van der Waals surface area (Å²) in [5.74, 6) is 0.461. The van der Waals surface area contributed by atoms with Crippen molar-refractivity contribution in [2.45, 2.75) is 32.0 Å². The first-order valence-electron chi connectivity index (χ1n) is 7.31. The predicted octanol–water partition coefficient (Wildman–Crippen LogP) is 3.59. The highest BCUT2D eigenvalue weighted by Gasteiger charge is 2.30. The van der Waals surface area contributed by atoms with Gasteiger partial charge in [0.15, 0.2) is 11.9 Å². The Balaban J connectivity index is 1.62. The second-order valence-electron chi connectivity index (χ2n) is 5.50. The number of para-hydroxylation sites is 1. The SMILES string of the molecule is O=C(O[C@H]1CCCC1=O)c1cc2c(s1)-c1ccccc1OC2. The molecular weight excluding hydrogens is 300 g/mol. The summed E-state index contributed by atoms with van der Waals surface area (Å²) in [6.07, 6.45) is 1.40. The van der Waals surface area contributed by atoms with Crippen LogP contribution in [0.4, 0.5) is 0 Å². The van der Waals surface area contributed by atoms with E-state index in [-0.39, 0.29) is 5.78 Å². The van der Waals surface area contributed by atoms with Gasteiger partial charge < -0.3 is 9.47 Å². The predicted molar refractivity (Wildman–Crippen MR) is 82.1 cm³/mol. The zero-order valence-corrected chi connectivity index (χ0v) is 12.7. The molecule has 0 unspecified atom stereocenters. The van der Waals surface area contributed by atoms with Gasteiger partial charge in [0.2, 0.25) is 0 Å². The third-order valence-corrected chi connectivity index (χ3v) is 5.21. The molecule has 1 fully saturated rings. The molecule has 1 aliphatic carbocycles. The van der Waals surface area contributed by atoms with E-state index in [1.54, 1.807) is 0 Å². The number of esters is 1. The molecule has 2 aromatic rings. The van der Waals surface area contributed by atoms with E-state index in [4.69, 9.17) is 9.47 Å². The van der Waals surface area contributed by atoms with Crippen molar-refractivity contribution < 1.29 is 19.1 Å². The van der Waals surface area contributed by atoms with Gasteiger partial charge in [-0.25, -0.2) is 4.79 Å². The Bertz CT molecular complexity index is 762. The van der Waals surface area contributed by atoms with Crippen molar-refractivity contribution in [2.24, 2.45) is 0 Å². The summed E-state index contributed by atoms with van der Waals surface area (Å²) in [7, 11) is 0. The van der Waals surface area contributed by atoms with Crippen molar-refractivity contribution in [1.29, 1.82) is 0 Å². The lowest BCUT2D eigenvalue weighted by atomic mass is 10.1. The standard InChI is InChI=1S/C17H14O4S/c18-12-5-3-7-14(12)21-17(19)15-8-10-9-20-13-6-2-1-4-11(13)16(10)22-15/h1-2,4,6,8,14H,3,5,7,9H2/t14-/m0/s1. The molecule has 0 amide bonds. The van der Waals surface area contributed by atoms with Crippen LogP contribution in [-0.4, -0.2) is 17.9 Å². The number of ether oxygens (including phenoxy) is 2. The first kappa shape index (κ1) is 13.5. The summed E-state index contributed by atoms with van der Waals surface area (Å²) in [5.41, 5.74) is 2.00. The number of fused-ring (bicyclic) bond motifs is 3. The molecule has 5 heteroatoms. The van der Waals surface area contributed by atoms with E-state index in [9.17, 15) is 9.59 Å². The van der Waals surface area contributed by atoms with Crippen LogP contribution < -0.4 is 4.74 Å². The molecule has 112 valence electrons. The molecule has 1 aliphatic heterocycles. The minimum atomic E-state index is -0.560. The summed E-state index contributed by atoms with van der Waals surface area (Å²) < 4.78 is 11.1. The minimum absolute atomic E-state index is 0.0309. The lowest BCUT2D eigenvalue weighted by Gasteiger charge is -2.16. The van der Waals surface area contributed by atoms with Gasteiger partial charge in [-0.2, -0.15) is 0 Å². The molecule has 2 heterocycles. The number of rotatable bonds is 2. The molecule has 22 heavy (non-hydrogen) atoms. The first-order valence-corrected chi connectivity index (χ1v) is 8.12. The van der Waals surface area contributed by atoms with Crippen molar-refractivity contribution in [3.8, 4) is 16.2 Å². The van der Waals surface area contributed by atoms with Crippen molar-refractivity contribution in [3.05, 3.63) is 40.8 Å². The van der Waals surface area contributed by atoms with Gasteiger partial charge in [-0.3, -0.25) is 4.79 Å². The number of benzene rings is 1. The van der Waals surface area contributed by atoms with Crippen LogP contribution >= 0.6 is 11.3 Å². The fourth-order valence-corrected chi connectivity index (χ4v) is 3.98. The highest BCUT2D eigenvalue weighted by Crippen LogP contribution is 2.42. The first-order chi connectivity index (χ1) is 10.7. The minimum Gasteiger partial charge on any atom is -0.488 e. The van der Waals surface area contributed by atoms with E-state index in [0.29, 0.717) is 24.3 Å². The van der Waals surface area contributed by atoms with E-state index in [0.717, 1.165) is 28.2 Å². The van der Waals surface area contributed by atoms with Crippen LogP contribution in [0.25, 0.3) is 10.4 Å². The number of carbonyl (C=O) groups is 2. The molecule has 1 aromatic heterocycles. The number of ketones is 1. The summed E-state index contributed by atoms with van der Waals surface area (Å²) in [6.45, 7) is 0.457. The maximum absolute atomic E-state index is 12.3. The smallest absolute Gasteiger partial charge is 0.349 e. The van der Waals surface area contributed by atoms with Gasteiger partial charge in [0, 0.05) is 22.4 Å². The molecule has 0 saturated heterocycles. The molecule has 1 aromatic carbocycles. The normalized spacial score (nSPS) is 19.3. The second kappa shape index (κ2) is 5.25. The molecule has 4 rings (SSSR count). The van der Waals surface area contributed by atoms with Gasteiger partial charge in [0.05, 0.1) is 0 Å². The Morgan fingerprint density at radius 1 is 1.32 bits per heavy atom. The topological polar surface area (TPSA) is 52.6 Å². The Kier molecular flexibility index (Phi) is 3.22. The maximum Gasteiger partial charge on any atom is 0.349 e. The second-order valence-corrected chi connectivity index (χ2v) is 6.55. The summed E-state index contributed by atoms with van der Waals surface area (Å²) in [6, 6.07) is 9.61. The Morgan fingerprint density at radius 3 is 3.00 bits per heavy atom. The summed E-state index contributed by atoms with van der Waals surface area (Å²) in [4.78, 5) is 25.5. The largest absolute Gasteiger partial charge is 0.488 e. The summed E-state index contributed by atoms with van der Waals surface area (Å²) in [5, 5.41) is 0. The van der Waals surface area contributed by atoms with E-state index >= 15 is 0 Å². The monoisotopic (exact) mass is 314 g/mol. The molecule has 2 aliphatic rings. The van der Waals surface area contributed by atoms with Gasteiger partial charge in [0.1, 0.15) is 17.2 Å². The van der Waals surface area contributed by atoms with E-state index in [1.165, 1.54) is 11.3 Å². The van der Waals surface area contributed by atoms with Gasteiger partial charge in [0.25, 0.3) is 0 Å². The lowest BCUT2D eigenvalue weighted by molar-refractivity contribution is -0.124. The van der Waals surface area contributed by atoms with Crippen LogP contribution in [0.1, 0.15) is 34.5 Å². The van der Waals surface area contributed by atoms with Crippen molar-refractivity contribution in [2.75, 3.05) is 0 Å². The zero-order chi connectivity index (χ0) is 15.1. The van der Waals surface area contributed by atoms with Crippen LogP contribution in [0.2, 0.25) is 0 Å². The Hall–Kier alpha value is -2.14. The third-order valence-electron chi connectivity index (χ3n) is 4.02. The zero-order valence-electron chi connectivity index (χ0n) is 11.8. The van der Waals surface area contributed by atoms with Crippen molar-refractivity contribution in [1.82, 2.24) is 0 Å². The van der Waals surface area contributed by atoms with Crippen molar-refractivity contribution >= 4 is 23.1 Å². The average Bonchev–Trinajstić information content (AvgIpc) is 3.14. The van der Waals surface area contributed by atoms with Crippen LogP contribution in [0, 0.1) is 0 Å². The highest BCUT2D eigenvalue weighted by atomic mass is 32.1. The maximum atomic E-state index is 12.3. The number of hydrogen-bond acceptors (Lipinski definition) is 5. The molecular formula is C17H14O4S. The Morgan fingerprint density at radius 2 is 2.18 bits per heavy atom. The number of hydrogen-bond donors (Lipinski definition) is 0. The molecule has 0 spiro atoms. The number of thiophene rings is 1. The van der Waals surface area contributed by atoms with Gasteiger partial charge in [-0.1, -0.05) is 12.1 Å². The lowest BCUT2D eigenvalue weighted by Crippen LogP contribution is -2.21. The molecule has 1 saturated carbocycles. The summed E-state index contributed by atoms with van der Waals surface area (Å²) >= 11 is 1.40. The van der Waals surface area contributed by atoms with Crippen LogP contribution in [0.5, 0.6) is 5.75 Å². The quantitative estimate of drug-likeness (QED) is 0.795. The fourth-order valence-electron chi connectivity index (χ4n) is 2.90. The van der Waals surface area contributed by atoms with Crippen LogP contribution in [0.3, 0.4) is 0 Å².